The largest absolute Gasteiger partial charge is 0.309 e. The third-order valence-corrected chi connectivity index (χ3v) is 4.99. The van der Waals surface area contributed by atoms with Crippen molar-refractivity contribution in [3.63, 3.8) is 0 Å². The second-order valence-electron chi connectivity index (χ2n) is 6.42. The second kappa shape index (κ2) is 5.26. The Morgan fingerprint density at radius 3 is 2.74 bits per heavy atom. The van der Waals surface area contributed by atoms with Gasteiger partial charge in [-0.3, -0.25) is 0 Å². The zero-order chi connectivity index (χ0) is 13.4. The smallest absolute Gasteiger partial charge is 0.0483 e. The maximum absolute atomic E-state index is 3.69. The predicted molar refractivity (Wildman–Crippen MR) is 80.3 cm³/mol. The van der Waals surface area contributed by atoms with E-state index in [1.54, 1.807) is 0 Å². The van der Waals surface area contributed by atoms with Gasteiger partial charge in [0.15, 0.2) is 0 Å². The minimum Gasteiger partial charge on any atom is -0.309 e. The van der Waals surface area contributed by atoms with E-state index in [4.69, 9.17) is 0 Å². The predicted octanol–water partition coefficient (Wildman–Crippen LogP) is 2.85. The standard InChI is InChI=1S/C17H26N2/c1-4-18-17-15-8-6-5-7-13(15)10-16(17)19(3)11-14-9-12(14)2/h5-8,12,14,16-18H,4,9-11H2,1-3H3. The number of nitrogens with zero attached hydrogens (tertiary/aromatic N) is 1. The van der Waals surface area contributed by atoms with Crippen LogP contribution in [0.4, 0.5) is 0 Å². The van der Waals surface area contributed by atoms with E-state index in [0.717, 1.165) is 18.4 Å². The minimum absolute atomic E-state index is 0.514. The van der Waals surface area contributed by atoms with Crippen molar-refractivity contribution in [1.82, 2.24) is 10.2 Å². The van der Waals surface area contributed by atoms with Gasteiger partial charge in [-0.05, 0) is 49.4 Å². The molecular weight excluding hydrogens is 232 g/mol. The average Bonchev–Trinajstić information content (AvgIpc) is 2.97. The van der Waals surface area contributed by atoms with Crippen LogP contribution >= 0.6 is 0 Å². The molecule has 4 atom stereocenters. The second-order valence-corrected chi connectivity index (χ2v) is 6.42. The molecule has 0 bridgehead atoms. The SMILES string of the molecule is CCNC1c2ccccc2CC1N(C)CC1CC1C. The van der Waals surface area contributed by atoms with E-state index in [1.165, 1.54) is 30.5 Å². The number of hydrogen-bond acceptors (Lipinski definition) is 2. The van der Waals surface area contributed by atoms with Crippen molar-refractivity contribution < 1.29 is 0 Å². The first-order valence-corrected chi connectivity index (χ1v) is 7.72. The molecular formula is C17H26N2. The lowest BCUT2D eigenvalue weighted by molar-refractivity contribution is 0.195. The Bertz CT molecular complexity index is 443. The zero-order valence-corrected chi connectivity index (χ0v) is 12.4. The number of hydrogen-bond donors (Lipinski definition) is 1. The molecule has 2 nitrogen and oxygen atoms in total. The Labute approximate surface area is 117 Å². The Kier molecular flexibility index (Phi) is 3.64. The molecule has 1 aromatic carbocycles. The van der Waals surface area contributed by atoms with Crippen molar-refractivity contribution >= 4 is 0 Å². The molecule has 0 radical (unpaired) electrons. The van der Waals surface area contributed by atoms with Gasteiger partial charge in [0.2, 0.25) is 0 Å². The molecule has 0 aliphatic heterocycles. The fraction of sp³-hybridized carbons (Fsp3) is 0.647. The molecule has 0 spiro atoms. The lowest BCUT2D eigenvalue weighted by atomic mass is 10.1. The van der Waals surface area contributed by atoms with Crippen LogP contribution in [-0.4, -0.2) is 31.1 Å². The third-order valence-electron chi connectivity index (χ3n) is 4.99. The highest BCUT2D eigenvalue weighted by Crippen LogP contribution is 2.40. The molecule has 1 saturated carbocycles. The van der Waals surface area contributed by atoms with Crippen LogP contribution in [0.15, 0.2) is 24.3 Å². The van der Waals surface area contributed by atoms with Crippen LogP contribution < -0.4 is 5.32 Å². The molecule has 0 saturated heterocycles. The number of nitrogens with one attached hydrogen (secondary N) is 1. The molecule has 1 N–H and O–H groups in total. The number of benzene rings is 1. The maximum atomic E-state index is 3.69. The molecule has 2 aliphatic rings. The minimum atomic E-state index is 0.514. The van der Waals surface area contributed by atoms with Crippen molar-refractivity contribution in [1.29, 1.82) is 0 Å². The number of likely N-dealkylation sites (N-methyl/N-ethyl adjacent to an activating group) is 2. The van der Waals surface area contributed by atoms with Crippen molar-refractivity contribution in [3.8, 4) is 0 Å². The third kappa shape index (κ3) is 2.56. The molecule has 0 amide bonds. The van der Waals surface area contributed by atoms with Crippen LogP contribution in [0.25, 0.3) is 0 Å². The molecule has 19 heavy (non-hydrogen) atoms. The van der Waals surface area contributed by atoms with Gasteiger partial charge in [-0.25, -0.2) is 0 Å². The molecule has 0 aromatic heterocycles. The highest BCUT2D eigenvalue weighted by Gasteiger charge is 2.38. The molecule has 4 unspecified atom stereocenters. The fourth-order valence-corrected chi connectivity index (χ4v) is 3.61. The number of fused-ring (bicyclic) bond motifs is 1. The summed E-state index contributed by atoms with van der Waals surface area (Å²) in [6, 6.07) is 10.1. The van der Waals surface area contributed by atoms with Crippen molar-refractivity contribution in [2.45, 2.75) is 38.8 Å². The first-order chi connectivity index (χ1) is 9.20. The van der Waals surface area contributed by atoms with E-state index in [-0.39, 0.29) is 0 Å². The lowest BCUT2D eigenvalue weighted by Crippen LogP contribution is -2.41. The summed E-state index contributed by atoms with van der Waals surface area (Å²) in [4.78, 5) is 2.60. The van der Waals surface area contributed by atoms with Gasteiger partial charge in [0, 0.05) is 18.6 Å². The normalized spacial score (nSPS) is 32.6. The summed E-state index contributed by atoms with van der Waals surface area (Å²) in [5, 5.41) is 3.69. The van der Waals surface area contributed by atoms with E-state index < -0.39 is 0 Å². The highest BCUT2D eigenvalue weighted by atomic mass is 15.2. The number of rotatable bonds is 5. The highest BCUT2D eigenvalue weighted by molar-refractivity contribution is 5.37. The molecule has 1 fully saturated rings. The van der Waals surface area contributed by atoms with E-state index in [0.29, 0.717) is 12.1 Å². The summed E-state index contributed by atoms with van der Waals surface area (Å²) >= 11 is 0. The quantitative estimate of drug-likeness (QED) is 0.873. The zero-order valence-electron chi connectivity index (χ0n) is 12.4. The van der Waals surface area contributed by atoms with Gasteiger partial charge in [0.05, 0.1) is 0 Å². The summed E-state index contributed by atoms with van der Waals surface area (Å²) in [6.07, 6.45) is 2.63. The molecule has 0 heterocycles. The molecule has 2 aliphatic carbocycles. The van der Waals surface area contributed by atoms with Crippen molar-refractivity contribution in [3.05, 3.63) is 35.4 Å². The van der Waals surface area contributed by atoms with Gasteiger partial charge in [0.1, 0.15) is 0 Å². The summed E-state index contributed by atoms with van der Waals surface area (Å²) in [5.41, 5.74) is 3.05. The Balaban J connectivity index is 1.74. The van der Waals surface area contributed by atoms with Crippen LogP contribution in [-0.2, 0) is 6.42 Å². The average molecular weight is 258 g/mol. The Morgan fingerprint density at radius 1 is 1.32 bits per heavy atom. The van der Waals surface area contributed by atoms with Crippen molar-refractivity contribution in [2.75, 3.05) is 20.1 Å². The Hall–Kier alpha value is -0.860. The van der Waals surface area contributed by atoms with Crippen LogP contribution in [0.3, 0.4) is 0 Å². The Morgan fingerprint density at radius 2 is 2.05 bits per heavy atom. The molecule has 3 rings (SSSR count). The first-order valence-electron chi connectivity index (χ1n) is 7.72. The first kappa shape index (κ1) is 13.1. The van der Waals surface area contributed by atoms with Crippen LogP contribution in [0.2, 0.25) is 0 Å². The fourth-order valence-electron chi connectivity index (χ4n) is 3.61. The van der Waals surface area contributed by atoms with E-state index in [9.17, 15) is 0 Å². The van der Waals surface area contributed by atoms with Crippen LogP contribution in [0.1, 0.15) is 37.4 Å². The van der Waals surface area contributed by atoms with E-state index in [2.05, 4.69) is 55.4 Å². The summed E-state index contributed by atoms with van der Waals surface area (Å²) in [5.74, 6) is 1.89. The van der Waals surface area contributed by atoms with Gasteiger partial charge in [-0.15, -0.1) is 0 Å². The molecule has 1 aromatic rings. The monoisotopic (exact) mass is 258 g/mol. The van der Waals surface area contributed by atoms with Crippen LogP contribution in [0.5, 0.6) is 0 Å². The lowest BCUT2D eigenvalue weighted by Gasteiger charge is -2.30. The van der Waals surface area contributed by atoms with Gasteiger partial charge in [-0.1, -0.05) is 38.1 Å². The van der Waals surface area contributed by atoms with Crippen molar-refractivity contribution in [2.24, 2.45) is 11.8 Å². The molecule has 2 heteroatoms. The maximum Gasteiger partial charge on any atom is 0.0483 e. The summed E-state index contributed by atoms with van der Waals surface area (Å²) in [6.45, 7) is 6.90. The van der Waals surface area contributed by atoms with E-state index >= 15 is 0 Å². The topological polar surface area (TPSA) is 15.3 Å². The van der Waals surface area contributed by atoms with Gasteiger partial charge >= 0.3 is 0 Å². The van der Waals surface area contributed by atoms with E-state index in [1.807, 2.05) is 0 Å². The summed E-state index contributed by atoms with van der Waals surface area (Å²) < 4.78 is 0. The van der Waals surface area contributed by atoms with Gasteiger partial charge in [0.25, 0.3) is 0 Å². The summed E-state index contributed by atoms with van der Waals surface area (Å²) in [7, 11) is 2.31. The molecule has 104 valence electrons. The van der Waals surface area contributed by atoms with Crippen LogP contribution in [0, 0.1) is 11.8 Å². The van der Waals surface area contributed by atoms with Gasteiger partial charge < -0.3 is 10.2 Å². The van der Waals surface area contributed by atoms with Gasteiger partial charge in [-0.2, -0.15) is 0 Å².